The molecule has 1 aliphatic rings. The fourth-order valence-electron chi connectivity index (χ4n) is 2.98. The van der Waals surface area contributed by atoms with E-state index in [4.69, 9.17) is 21.1 Å². The first-order valence-electron chi connectivity index (χ1n) is 8.66. The molecular weight excluding hydrogens is 371 g/mol. The molecule has 0 aromatic heterocycles. The molecule has 1 N–H and O–H groups in total. The van der Waals surface area contributed by atoms with E-state index in [1.54, 1.807) is 6.92 Å². The predicted octanol–water partition coefficient (Wildman–Crippen LogP) is 4.21. The van der Waals surface area contributed by atoms with Crippen molar-refractivity contribution in [2.75, 3.05) is 20.3 Å². The van der Waals surface area contributed by atoms with Crippen LogP contribution in [0.1, 0.15) is 38.2 Å². The van der Waals surface area contributed by atoms with Gasteiger partial charge < -0.3 is 14.8 Å². The SMILES string of the molecule is CCCCOC(=O)C1=C(COC)NC(C)=C(C#N)C1c1ccc(F)cc1Cl. The second-order valence-electron chi connectivity index (χ2n) is 6.19. The number of dihydropyridines is 1. The van der Waals surface area contributed by atoms with Crippen molar-refractivity contribution in [3.63, 3.8) is 0 Å². The molecule has 1 heterocycles. The lowest BCUT2D eigenvalue weighted by molar-refractivity contribution is -0.139. The standard InChI is InChI=1S/C20H22ClFN2O3/c1-4-5-8-27-20(25)19-17(11-26-3)24-12(2)15(10-23)18(19)14-7-6-13(22)9-16(14)21/h6-7,9,18,24H,4-5,8,11H2,1-3H3. The highest BCUT2D eigenvalue weighted by Gasteiger charge is 2.36. The summed E-state index contributed by atoms with van der Waals surface area (Å²) >= 11 is 6.26. The number of unbranched alkanes of at least 4 members (excludes halogenated alkanes) is 1. The second-order valence-corrected chi connectivity index (χ2v) is 6.60. The number of allylic oxidation sites excluding steroid dienone is 2. The average molecular weight is 393 g/mol. The molecular formula is C20H22ClFN2O3. The van der Waals surface area contributed by atoms with Gasteiger partial charge in [-0.2, -0.15) is 5.26 Å². The first-order chi connectivity index (χ1) is 12.9. The molecule has 0 amide bonds. The summed E-state index contributed by atoms with van der Waals surface area (Å²) in [4.78, 5) is 12.9. The van der Waals surface area contributed by atoms with E-state index in [1.165, 1.54) is 25.3 Å². The summed E-state index contributed by atoms with van der Waals surface area (Å²) in [6, 6.07) is 6.05. The normalized spacial score (nSPS) is 16.8. The van der Waals surface area contributed by atoms with Crippen LogP contribution >= 0.6 is 11.6 Å². The zero-order valence-electron chi connectivity index (χ0n) is 15.6. The van der Waals surface area contributed by atoms with Gasteiger partial charge in [0.25, 0.3) is 0 Å². The van der Waals surface area contributed by atoms with Crippen LogP contribution in [0, 0.1) is 17.1 Å². The van der Waals surface area contributed by atoms with E-state index in [2.05, 4.69) is 11.4 Å². The van der Waals surface area contributed by atoms with Crippen LogP contribution in [0.25, 0.3) is 0 Å². The number of carbonyl (C=O) groups excluding carboxylic acids is 1. The van der Waals surface area contributed by atoms with E-state index >= 15 is 0 Å². The maximum Gasteiger partial charge on any atom is 0.336 e. The van der Waals surface area contributed by atoms with Gasteiger partial charge >= 0.3 is 5.97 Å². The maximum atomic E-state index is 13.5. The van der Waals surface area contributed by atoms with Crippen molar-refractivity contribution < 1.29 is 18.7 Å². The molecule has 144 valence electrons. The Bertz CT molecular complexity index is 827. The molecule has 0 fully saturated rings. The molecule has 1 aromatic rings. The van der Waals surface area contributed by atoms with Crippen LogP contribution in [0.15, 0.2) is 40.7 Å². The Balaban J connectivity index is 2.60. The Morgan fingerprint density at radius 2 is 2.19 bits per heavy atom. The highest BCUT2D eigenvalue weighted by molar-refractivity contribution is 6.31. The third kappa shape index (κ3) is 4.68. The Hall–Kier alpha value is -2.36. The van der Waals surface area contributed by atoms with Gasteiger partial charge in [0.2, 0.25) is 0 Å². The van der Waals surface area contributed by atoms with Crippen molar-refractivity contribution in [2.45, 2.75) is 32.6 Å². The van der Waals surface area contributed by atoms with Crippen LogP contribution in [0.4, 0.5) is 4.39 Å². The highest BCUT2D eigenvalue weighted by Crippen LogP contribution is 2.41. The van der Waals surface area contributed by atoms with Crippen molar-refractivity contribution in [3.8, 4) is 6.07 Å². The molecule has 0 bridgehead atoms. The van der Waals surface area contributed by atoms with Crippen LogP contribution in [-0.2, 0) is 14.3 Å². The van der Waals surface area contributed by atoms with Gasteiger partial charge in [-0.25, -0.2) is 9.18 Å². The fourth-order valence-corrected chi connectivity index (χ4v) is 3.25. The third-order valence-corrected chi connectivity index (χ3v) is 4.61. The van der Waals surface area contributed by atoms with Gasteiger partial charge in [0, 0.05) is 17.8 Å². The Kier molecular flexibility index (Phi) is 7.40. The fraction of sp³-hybridized carbons (Fsp3) is 0.400. The van der Waals surface area contributed by atoms with Gasteiger partial charge in [0.05, 0.1) is 42.0 Å². The molecule has 0 saturated heterocycles. The number of esters is 1. The van der Waals surface area contributed by atoms with Crippen LogP contribution in [0.3, 0.4) is 0 Å². The summed E-state index contributed by atoms with van der Waals surface area (Å²) in [6.45, 7) is 4.13. The van der Waals surface area contributed by atoms with Gasteiger partial charge in [-0.1, -0.05) is 31.0 Å². The summed E-state index contributed by atoms with van der Waals surface area (Å²) in [7, 11) is 1.51. The predicted molar refractivity (Wildman–Crippen MR) is 100 cm³/mol. The summed E-state index contributed by atoms with van der Waals surface area (Å²) in [5.41, 5.74) is 2.13. The molecule has 2 rings (SSSR count). The van der Waals surface area contributed by atoms with E-state index in [0.29, 0.717) is 22.5 Å². The van der Waals surface area contributed by atoms with Gasteiger partial charge in [0.1, 0.15) is 5.82 Å². The van der Waals surface area contributed by atoms with E-state index in [0.717, 1.165) is 12.8 Å². The first kappa shape index (κ1) is 20.9. The van der Waals surface area contributed by atoms with Crippen molar-refractivity contribution in [3.05, 3.63) is 57.1 Å². The number of hydrogen-bond acceptors (Lipinski definition) is 5. The van der Waals surface area contributed by atoms with Gasteiger partial charge in [-0.05, 0) is 31.0 Å². The molecule has 0 aliphatic carbocycles. The first-order valence-corrected chi connectivity index (χ1v) is 9.04. The average Bonchev–Trinajstić information content (AvgIpc) is 2.62. The Morgan fingerprint density at radius 1 is 1.44 bits per heavy atom. The number of rotatable bonds is 7. The van der Waals surface area contributed by atoms with Crippen LogP contribution < -0.4 is 5.32 Å². The summed E-state index contributed by atoms with van der Waals surface area (Å²) in [5, 5.41) is 12.9. The smallest absolute Gasteiger partial charge is 0.336 e. The lowest BCUT2D eigenvalue weighted by Gasteiger charge is -2.30. The molecule has 7 heteroatoms. The number of halogens is 2. The minimum atomic E-state index is -0.761. The molecule has 1 atom stereocenters. The number of hydrogen-bond donors (Lipinski definition) is 1. The highest BCUT2D eigenvalue weighted by atomic mass is 35.5. The van der Waals surface area contributed by atoms with E-state index in [-0.39, 0.29) is 23.8 Å². The Morgan fingerprint density at radius 3 is 2.78 bits per heavy atom. The minimum absolute atomic E-state index is 0.129. The van der Waals surface area contributed by atoms with Crippen LogP contribution in [0.2, 0.25) is 5.02 Å². The van der Waals surface area contributed by atoms with Crippen LogP contribution in [0.5, 0.6) is 0 Å². The summed E-state index contributed by atoms with van der Waals surface area (Å²) in [5.74, 6) is -1.80. The molecule has 27 heavy (non-hydrogen) atoms. The molecule has 1 unspecified atom stereocenters. The Labute approximate surface area is 163 Å². The number of benzene rings is 1. The molecule has 0 saturated carbocycles. The van der Waals surface area contributed by atoms with Crippen molar-refractivity contribution in [1.82, 2.24) is 5.32 Å². The van der Waals surface area contributed by atoms with Gasteiger partial charge in [-0.3, -0.25) is 0 Å². The second kappa shape index (κ2) is 9.54. The van der Waals surface area contributed by atoms with Gasteiger partial charge in [0.15, 0.2) is 0 Å². The maximum absolute atomic E-state index is 13.5. The topological polar surface area (TPSA) is 71.3 Å². The minimum Gasteiger partial charge on any atom is -0.462 e. The zero-order chi connectivity index (χ0) is 20.0. The monoisotopic (exact) mass is 392 g/mol. The summed E-state index contributed by atoms with van der Waals surface area (Å²) < 4.78 is 24.1. The molecule has 5 nitrogen and oxygen atoms in total. The lowest BCUT2D eigenvalue weighted by atomic mass is 9.81. The van der Waals surface area contributed by atoms with Crippen LogP contribution in [-0.4, -0.2) is 26.3 Å². The van der Waals surface area contributed by atoms with E-state index in [9.17, 15) is 14.4 Å². The number of methoxy groups -OCH3 is 1. The summed E-state index contributed by atoms with van der Waals surface area (Å²) in [6.07, 6.45) is 1.61. The lowest BCUT2D eigenvalue weighted by Crippen LogP contribution is -2.32. The molecule has 1 aromatic carbocycles. The van der Waals surface area contributed by atoms with Gasteiger partial charge in [-0.15, -0.1) is 0 Å². The molecule has 0 spiro atoms. The zero-order valence-corrected chi connectivity index (χ0v) is 16.3. The largest absolute Gasteiger partial charge is 0.462 e. The number of nitrogens with zero attached hydrogens (tertiary/aromatic N) is 1. The number of ether oxygens (including phenoxy) is 2. The third-order valence-electron chi connectivity index (χ3n) is 4.28. The quantitative estimate of drug-likeness (QED) is 0.556. The number of carbonyl (C=O) groups is 1. The van der Waals surface area contributed by atoms with E-state index in [1.807, 2.05) is 6.92 Å². The van der Waals surface area contributed by atoms with Crippen molar-refractivity contribution >= 4 is 17.6 Å². The van der Waals surface area contributed by atoms with E-state index < -0.39 is 17.7 Å². The van der Waals surface area contributed by atoms with Crippen molar-refractivity contribution in [2.24, 2.45) is 0 Å². The van der Waals surface area contributed by atoms with Crippen molar-refractivity contribution in [1.29, 1.82) is 5.26 Å². The molecule has 1 aliphatic heterocycles. The number of nitrogens with one attached hydrogen (secondary N) is 1. The number of nitriles is 1. The molecule has 0 radical (unpaired) electrons.